The highest BCUT2D eigenvalue weighted by Gasteiger charge is 2.17. The molecule has 4 rings (SSSR count). The van der Waals surface area contributed by atoms with Crippen LogP contribution in [0, 0.1) is 5.82 Å². The third-order valence-electron chi connectivity index (χ3n) is 5.39. The summed E-state index contributed by atoms with van der Waals surface area (Å²) >= 11 is 5.91. The first-order valence-electron chi connectivity index (χ1n) is 10.6. The number of amides is 1. The number of ether oxygens (including phenoxy) is 1. The maximum Gasteiger partial charge on any atom is 0.262 e. The van der Waals surface area contributed by atoms with Crippen LogP contribution < -0.4 is 15.0 Å². The van der Waals surface area contributed by atoms with Gasteiger partial charge in [-0.1, -0.05) is 41.9 Å². The molecule has 0 spiro atoms. The number of anilines is 2. The Balaban J connectivity index is 1.24. The number of hydrogen-bond acceptors (Lipinski definition) is 4. The zero-order valence-corrected chi connectivity index (χ0v) is 18.4. The van der Waals surface area contributed by atoms with Gasteiger partial charge in [-0.3, -0.25) is 9.69 Å². The van der Waals surface area contributed by atoms with Crippen molar-refractivity contribution >= 4 is 28.9 Å². The second-order valence-corrected chi connectivity index (χ2v) is 8.11. The number of nitrogens with one attached hydrogen (secondary N) is 1. The summed E-state index contributed by atoms with van der Waals surface area (Å²) in [7, 11) is 0. The Labute approximate surface area is 192 Å². The van der Waals surface area contributed by atoms with Gasteiger partial charge in [0, 0.05) is 44.1 Å². The van der Waals surface area contributed by atoms with Crippen LogP contribution in [0.25, 0.3) is 0 Å². The monoisotopic (exact) mass is 453 g/mol. The Morgan fingerprint density at radius 3 is 2.38 bits per heavy atom. The lowest BCUT2D eigenvalue weighted by atomic mass is 10.2. The van der Waals surface area contributed by atoms with Crippen LogP contribution >= 0.6 is 11.6 Å². The fourth-order valence-corrected chi connectivity index (χ4v) is 3.92. The smallest absolute Gasteiger partial charge is 0.262 e. The summed E-state index contributed by atoms with van der Waals surface area (Å²) < 4.78 is 18.5. The lowest BCUT2D eigenvalue weighted by Crippen LogP contribution is -2.45. The Hall–Kier alpha value is -3.09. The van der Waals surface area contributed by atoms with Crippen LogP contribution in [0.3, 0.4) is 0 Å². The Morgan fingerprint density at radius 2 is 1.69 bits per heavy atom. The van der Waals surface area contributed by atoms with Crippen molar-refractivity contribution in [2.75, 3.05) is 43.0 Å². The van der Waals surface area contributed by atoms with Crippen LogP contribution in [0.15, 0.2) is 72.8 Å². The van der Waals surface area contributed by atoms with Crippen molar-refractivity contribution < 1.29 is 13.9 Å². The molecule has 3 aromatic rings. The molecular formula is C25H25ClFN3O2. The average Bonchev–Trinajstić information content (AvgIpc) is 2.80. The zero-order chi connectivity index (χ0) is 22.3. The molecule has 0 saturated carbocycles. The minimum Gasteiger partial charge on any atom is -0.482 e. The van der Waals surface area contributed by atoms with Gasteiger partial charge >= 0.3 is 0 Å². The summed E-state index contributed by atoms with van der Waals surface area (Å²) in [6, 6.07) is 22.1. The zero-order valence-electron chi connectivity index (χ0n) is 17.6. The quantitative estimate of drug-likeness (QED) is 0.557. The Bertz CT molecular complexity index is 1040. The molecule has 0 aliphatic carbocycles. The topological polar surface area (TPSA) is 44.8 Å². The number of halogens is 2. The van der Waals surface area contributed by atoms with Crippen LogP contribution in [0.4, 0.5) is 15.8 Å². The molecule has 0 aromatic heterocycles. The van der Waals surface area contributed by atoms with Crippen molar-refractivity contribution in [3.8, 4) is 5.75 Å². The predicted molar refractivity (Wildman–Crippen MR) is 126 cm³/mol. The highest BCUT2D eigenvalue weighted by Crippen LogP contribution is 2.25. The molecule has 0 radical (unpaired) electrons. The molecule has 1 heterocycles. The summed E-state index contributed by atoms with van der Waals surface area (Å²) in [6.45, 7) is 4.71. The summed E-state index contributed by atoms with van der Waals surface area (Å²) in [5.41, 5.74) is 3.17. The molecule has 5 nitrogen and oxygen atoms in total. The van der Waals surface area contributed by atoms with Gasteiger partial charge in [-0.05, 0) is 48.0 Å². The minimum atomic E-state index is -0.454. The number of rotatable bonds is 7. The second kappa shape index (κ2) is 10.5. The van der Waals surface area contributed by atoms with Crippen LogP contribution in [0.1, 0.15) is 5.56 Å². The van der Waals surface area contributed by atoms with Crippen LogP contribution in [0.2, 0.25) is 5.02 Å². The lowest BCUT2D eigenvalue weighted by Gasteiger charge is -2.36. The number of piperazine rings is 1. The van der Waals surface area contributed by atoms with Gasteiger partial charge in [-0.2, -0.15) is 0 Å². The molecule has 1 amide bonds. The Morgan fingerprint density at radius 1 is 0.969 bits per heavy atom. The van der Waals surface area contributed by atoms with E-state index in [0.29, 0.717) is 5.69 Å². The summed E-state index contributed by atoms with van der Waals surface area (Å²) in [6.07, 6.45) is 0. The highest BCUT2D eigenvalue weighted by atomic mass is 35.5. The number of hydrogen-bond donors (Lipinski definition) is 1. The largest absolute Gasteiger partial charge is 0.482 e. The van der Waals surface area contributed by atoms with E-state index in [0.717, 1.165) is 44.5 Å². The van der Waals surface area contributed by atoms with Crippen molar-refractivity contribution in [3.05, 3.63) is 89.2 Å². The van der Waals surface area contributed by atoms with E-state index < -0.39 is 5.82 Å². The highest BCUT2D eigenvalue weighted by molar-refractivity contribution is 6.32. The van der Waals surface area contributed by atoms with Gasteiger partial charge in [0.2, 0.25) is 0 Å². The van der Waals surface area contributed by atoms with Crippen molar-refractivity contribution in [2.45, 2.75) is 6.54 Å². The third kappa shape index (κ3) is 5.99. The van der Waals surface area contributed by atoms with Crippen LogP contribution in [-0.2, 0) is 11.3 Å². The molecule has 32 heavy (non-hydrogen) atoms. The molecule has 1 aliphatic heterocycles. The van der Waals surface area contributed by atoms with E-state index in [1.807, 2.05) is 30.3 Å². The van der Waals surface area contributed by atoms with Gasteiger partial charge in [-0.25, -0.2) is 4.39 Å². The predicted octanol–water partition coefficient (Wildman–Crippen LogP) is 4.82. The van der Waals surface area contributed by atoms with Gasteiger partial charge in [-0.15, -0.1) is 0 Å². The fraction of sp³-hybridized carbons (Fsp3) is 0.240. The first kappa shape index (κ1) is 22.1. The van der Waals surface area contributed by atoms with Crippen LogP contribution in [0.5, 0.6) is 5.75 Å². The molecule has 1 saturated heterocycles. The molecule has 0 bridgehead atoms. The van der Waals surface area contributed by atoms with Gasteiger partial charge in [0.05, 0.1) is 5.02 Å². The molecule has 166 valence electrons. The fourth-order valence-electron chi connectivity index (χ4n) is 3.69. The van der Waals surface area contributed by atoms with Gasteiger partial charge in [0.15, 0.2) is 6.61 Å². The van der Waals surface area contributed by atoms with E-state index in [-0.39, 0.29) is 23.3 Å². The molecule has 0 unspecified atom stereocenters. The minimum absolute atomic E-state index is 0.131. The molecular weight excluding hydrogens is 429 g/mol. The maximum atomic E-state index is 13.1. The molecule has 7 heteroatoms. The van der Waals surface area contributed by atoms with E-state index in [4.69, 9.17) is 16.3 Å². The van der Waals surface area contributed by atoms with Crippen molar-refractivity contribution in [1.82, 2.24) is 4.90 Å². The summed E-state index contributed by atoms with van der Waals surface area (Å²) in [4.78, 5) is 17.0. The van der Waals surface area contributed by atoms with E-state index in [1.54, 1.807) is 0 Å². The van der Waals surface area contributed by atoms with E-state index in [1.165, 1.54) is 17.7 Å². The first-order valence-corrected chi connectivity index (χ1v) is 10.9. The lowest BCUT2D eigenvalue weighted by molar-refractivity contribution is -0.118. The maximum absolute atomic E-state index is 13.1. The van der Waals surface area contributed by atoms with Crippen molar-refractivity contribution in [1.29, 1.82) is 0 Å². The van der Waals surface area contributed by atoms with Crippen molar-refractivity contribution in [2.24, 2.45) is 0 Å². The normalized spacial score (nSPS) is 14.2. The van der Waals surface area contributed by atoms with Gasteiger partial charge in [0.1, 0.15) is 11.6 Å². The number of benzene rings is 3. The third-order valence-corrected chi connectivity index (χ3v) is 5.69. The van der Waals surface area contributed by atoms with E-state index >= 15 is 0 Å². The van der Waals surface area contributed by atoms with Crippen LogP contribution in [-0.4, -0.2) is 43.6 Å². The average molecular weight is 454 g/mol. The number of carbonyl (C=O) groups excluding carboxylic acids is 1. The Kier molecular flexibility index (Phi) is 7.24. The number of nitrogens with zero attached hydrogens (tertiary/aromatic N) is 2. The molecule has 0 atom stereocenters. The molecule has 1 N–H and O–H groups in total. The van der Waals surface area contributed by atoms with E-state index in [9.17, 15) is 9.18 Å². The molecule has 3 aromatic carbocycles. The standard InChI is InChI=1S/C25H25ClFN3O2/c26-23-16-20(27)6-11-24(23)32-18-25(31)28-21-7-9-22(10-8-21)30-14-12-29(13-15-30)17-19-4-2-1-3-5-19/h1-11,16H,12-15,17-18H2,(H,28,31). The second-order valence-electron chi connectivity index (χ2n) is 7.71. The SMILES string of the molecule is O=C(COc1ccc(F)cc1Cl)Nc1ccc(N2CCN(Cc3ccccc3)CC2)cc1. The summed E-state index contributed by atoms with van der Waals surface area (Å²) in [5.74, 6) is -0.498. The number of carbonyl (C=O) groups is 1. The van der Waals surface area contributed by atoms with Gasteiger partial charge < -0.3 is 15.0 Å². The molecule has 1 fully saturated rings. The molecule has 1 aliphatic rings. The first-order chi connectivity index (χ1) is 15.6. The summed E-state index contributed by atoms with van der Waals surface area (Å²) in [5, 5.41) is 2.93. The van der Waals surface area contributed by atoms with Gasteiger partial charge in [0.25, 0.3) is 5.91 Å². The van der Waals surface area contributed by atoms with E-state index in [2.05, 4.69) is 39.4 Å². The van der Waals surface area contributed by atoms with Crippen molar-refractivity contribution in [3.63, 3.8) is 0 Å².